The van der Waals surface area contributed by atoms with Gasteiger partial charge in [0.1, 0.15) is 5.75 Å². The highest BCUT2D eigenvalue weighted by atomic mass is 19.4. The zero-order chi connectivity index (χ0) is 19.4. The van der Waals surface area contributed by atoms with Crippen LogP contribution in [0.15, 0.2) is 48.5 Å². The van der Waals surface area contributed by atoms with Crippen LogP contribution in [0.5, 0.6) is 5.75 Å². The zero-order valence-corrected chi connectivity index (χ0v) is 14.0. The summed E-state index contributed by atoms with van der Waals surface area (Å²) in [5, 5.41) is 5.41. The summed E-state index contributed by atoms with van der Waals surface area (Å²) >= 11 is 0. The molecule has 0 unspecified atom stereocenters. The molecule has 0 radical (unpaired) electrons. The summed E-state index contributed by atoms with van der Waals surface area (Å²) in [7, 11) is 0. The van der Waals surface area contributed by atoms with Crippen molar-refractivity contribution < 1.29 is 27.5 Å². The average Bonchev–Trinajstić information content (AvgIpc) is 3.01. The number of rotatable bonds is 5. The van der Waals surface area contributed by atoms with E-state index in [1.165, 1.54) is 12.1 Å². The van der Waals surface area contributed by atoms with E-state index in [4.69, 9.17) is 0 Å². The second kappa shape index (κ2) is 7.56. The van der Waals surface area contributed by atoms with Gasteiger partial charge in [0.05, 0.1) is 6.42 Å². The fourth-order valence-electron chi connectivity index (χ4n) is 2.67. The molecule has 2 aromatic carbocycles. The van der Waals surface area contributed by atoms with Crippen LogP contribution in [0.25, 0.3) is 0 Å². The third kappa shape index (κ3) is 5.13. The number of anilines is 2. The number of hydrogen-bond acceptors (Lipinski definition) is 3. The van der Waals surface area contributed by atoms with Crippen molar-refractivity contribution in [1.82, 2.24) is 5.32 Å². The molecule has 1 aliphatic rings. The van der Waals surface area contributed by atoms with E-state index in [1.54, 1.807) is 29.2 Å². The number of carbonyl (C=O) groups excluding carboxylic acids is 2. The van der Waals surface area contributed by atoms with Crippen molar-refractivity contribution in [2.24, 2.45) is 0 Å². The van der Waals surface area contributed by atoms with Gasteiger partial charge in [0.2, 0.25) is 5.91 Å². The first-order valence-electron chi connectivity index (χ1n) is 8.10. The van der Waals surface area contributed by atoms with Crippen molar-refractivity contribution in [2.45, 2.75) is 12.8 Å². The highest BCUT2D eigenvalue weighted by Crippen LogP contribution is 2.23. The summed E-state index contributed by atoms with van der Waals surface area (Å²) in [6.07, 6.45) is -4.77. The maximum absolute atomic E-state index is 12.2. The van der Waals surface area contributed by atoms with Crippen LogP contribution in [0.3, 0.4) is 0 Å². The number of halogens is 3. The van der Waals surface area contributed by atoms with Crippen LogP contribution in [-0.4, -0.2) is 31.4 Å². The molecule has 0 aliphatic carbocycles. The number of carbonyl (C=O) groups is 2. The van der Waals surface area contributed by atoms with Crippen LogP contribution in [0.2, 0.25) is 0 Å². The van der Waals surface area contributed by atoms with Gasteiger partial charge in [-0.2, -0.15) is 0 Å². The molecule has 0 saturated carbocycles. The standard InChI is InChI=1S/C18H16F3N3O3/c19-18(20,21)27-15-6-4-12(5-7-15)10-16(25)23-13-2-1-3-14(11-13)24-9-8-22-17(24)26/h1-7,11H,8-10H2,(H,22,26)(H,23,25). The van der Waals surface area contributed by atoms with Gasteiger partial charge in [0.25, 0.3) is 0 Å². The molecule has 6 nitrogen and oxygen atoms in total. The average molecular weight is 379 g/mol. The molecule has 1 heterocycles. The first-order valence-corrected chi connectivity index (χ1v) is 8.10. The van der Waals surface area contributed by atoms with Crippen LogP contribution >= 0.6 is 0 Å². The van der Waals surface area contributed by atoms with Gasteiger partial charge in [0, 0.05) is 24.5 Å². The van der Waals surface area contributed by atoms with Crippen molar-refractivity contribution in [2.75, 3.05) is 23.3 Å². The van der Waals surface area contributed by atoms with Gasteiger partial charge >= 0.3 is 12.4 Å². The lowest BCUT2D eigenvalue weighted by molar-refractivity contribution is -0.274. The van der Waals surface area contributed by atoms with Gasteiger partial charge < -0.3 is 15.4 Å². The monoisotopic (exact) mass is 379 g/mol. The molecule has 0 bridgehead atoms. The Morgan fingerprint density at radius 1 is 1.19 bits per heavy atom. The van der Waals surface area contributed by atoms with E-state index in [1.807, 2.05) is 0 Å². The molecule has 0 aromatic heterocycles. The predicted octanol–water partition coefficient (Wildman–Crippen LogP) is 3.30. The first kappa shape index (κ1) is 18.6. The Bertz CT molecular complexity index is 838. The Hall–Kier alpha value is -3.23. The largest absolute Gasteiger partial charge is 0.573 e. The molecule has 9 heteroatoms. The van der Waals surface area contributed by atoms with E-state index in [-0.39, 0.29) is 24.1 Å². The summed E-state index contributed by atoms with van der Waals surface area (Å²) in [4.78, 5) is 25.5. The second-order valence-corrected chi connectivity index (χ2v) is 5.85. The number of hydrogen-bond donors (Lipinski definition) is 2. The number of amides is 3. The molecule has 2 N–H and O–H groups in total. The summed E-state index contributed by atoms with van der Waals surface area (Å²) in [6.45, 7) is 1.10. The van der Waals surface area contributed by atoms with Gasteiger partial charge in [-0.15, -0.1) is 13.2 Å². The molecular formula is C18H16F3N3O3. The molecule has 0 spiro atoms. The molecule has 3 amide bonds. The number of alkyl halides is 3. The maximum Gasteiger partial charge on any atom is 0.573 e. The van der Waals surface area contributed by atoms with Gasteiger partial charge in [-0.25, -0.2) is 4.79 Å². The van der Waals surface area contributed by atoms with Crippen molar-refractivity contribution >= 4 is 23.3 Å². The molecule has 0 atom stereocenters. The van der Waals surface area contributed by atoms with E-state index in [0.717, 1.165) is 12.1 Å². The number of nitrogens with one attached hydrogen (secondary N) is 2. The Labute approximate surface area is 152 Å². The Balaban J connectivity index is 1.60. The topological polar surface area (TPSA) is 70.7 Å². The minimum atomic E-state index is -4.75. The molecule has 142 valence electrons. The van der Waals surface area contributed by atoms with Crippen LogP contribution in [0.1, 0.15) is 5.56 Å². The SMILES string of the molecule is O=C(Cc1ccc(OC(F)(F)F)cc1)Nc1cccc(N2CCNC2=O)c1. The Morgan fingerprint density at radius 2 is 1.93 bits per heavy atom. The van der Waals surface area contributed by atoms with E-state index < -0.39 is 6.36 Å². The quantitative estimate of drug-likeness (QED) is 0.838. The minimum Gasteiger partial charge on any atom is -0.406 e. The highest BCUT2D eigenvalue weighted by molar-refractivity contribution is 5.96. The summed E-state index contributed by atoms with van der Waals surface area (Å²) < 4.78 is 40.2. The summed E-state index contributed by atoms with van der Waals surface area (Å²) in [6, 6.07) is 11.8. The van der Waals surface area contributed by atoms with E-state index >= 15 is 0 Å². The number of urea groups is 1. The predicted molar refractivity (Wildman–Crippen MR) is 92.6 cm³/mol. The number of ether oxygens (including phenoxy) is 1. The molecule has 3 rings (SSSR count). The first-order chi connectivity index (χ1) is 12.8. The fourth-order valence-corrected chi connectivity index (χ4v) is 2.67. The highest BCUT2D eigenvalue weighted by Gasteiger charge is 2.31. The fraction of sp³-hybridized carbons (Fsp3) is 0.222. The zero-order valence-electron chi connectivity index (χ0n) is 14.0. The van der Waals surface area contributed by atoms with Crippen molar-refractivity contribution in [3.63, 3.8) is 0 Å². The smallest absolute Gasteiger partial charge is 0.406 e. The molecule has 1 aliphatic heterocycles. The van der Waals surface area contributed by atoms with E-state index in [2.05, 4.69) is 15.4 Å². The number of nitrogens with zero attached hydrogens (tertiary/aromatic N) is 1. The molecule has 2 aromatic rings. The second-order valence-electron chi connectivity index (χ2n) is 5.85. The van der Waals surface area contributed by atoms with Crippen molar-refractivity contribution in [3.05, 3.63) is 54.1 Å². The van der Waals surface area contributed by atoms with Gasteiger partial charge in [-0.05, 0) is 35.9 Å². The minimum absolute atomic E-state index is 0.0132. The summed E-state index contributed by atoms with van der Waals surface area (Å²) in [5.74, 6) is -0.675. The molecule has 1 saturated heterocycles. The lowest BCUT2D eigenvalue weighted by Crippen LogP contribution is -2.27. The van der Waals surface area contributed by atoms with Crippen molar-refractivity contribution in [3.8, 4) is 5.75 Å². The third-order valence-electron chi connectivity index (χ3n) is 3.82. The molecular weight excluding hydrogens is 363 g/mol. The van der Waals surface area contributed by atoms with Crippen molar-refractivity contribution in [1.29, 1.82) is 0 Å². The lowest BCUT2D eigenvalue weighted by atomic mass is 10.1. The van der Waals surface area contributed by atoms with Crippen LogP contribution in [-0.2, 0) is 11.2 Å². The normalized spacial score (nSPS) is 14.0. The maximum atomic E-state index is 12.2. The lowest BCUT2D eigenvalue weighted by Gasteiger charge is -2.15. The van der Waals surface area contributed by atoms with Crippen LogP contribution in [0, 0.1) is 0 Å². The van der Waals surface area contributed by atoms with Crippen LogP contribution in [0.4, 0.5) is 29.3 Å². The Morgan fingerprint density at radius 3 is 2.56 bits per heavy atom. The van der Waals surface area contributed by atoms with Crippen LogP contribution < -0.4 is 20.3 Å². The van der Waals surface area contributed by atoms with Gasteiger partial charge in [-0.1, -0.05) is 18.2 Å². The van der Waals surface area contributed by atoms with Gasteiger partial charge in [0.15, 0.2) is 0 Å². The molecule has 27 heavy (non-hydrogen) atoms. The molecule has 1 fully saturated rings. The van der Waals surface area contributed by atoms with Gasteiger partial charge in [-0.3, -0.25) is 9.69 Å². The number of benzene rings is 2. The Kier molecular flexibility index (Phi) is 5.20. The third-order valence-corrected chi connectivity index (χ3v) is 3.82. The van der Waals surface area contributed by atoms with E-state index in [0.29, 0.717) is 30.0 Å². The summed E-state index contributed by atoms with van der Waals surface area (Å²) in [5.41, 5.74) is 1.72. The van der Waals surface area contributed by atoms with E-state index in [9.17, 15) is 22.8 Å².